The summed E-state index contributed by atoms with van der Waals surface area (Å²) < 4.78 is 0. The Morgan fingerprint density at radius 1 is 1.37 bits per heavy atom. The summed E-state index contributed by atoms with van der Waals surface area (Å²) in [6.45, 7) is 6.23. The van der Waals surface area contributed by atoms with Crippen molar-refractivity contribution in [3.05, 3.63) is 52.2 Å². The quantitative estimate of drug-likeness (QED) is 0.310. The number of thiazole rings is 1. The summed E-state index contributed by atoms with van der Waals surface area (Å²) in [6.07, 6.45) is 1.51. The van der Waals surface area contributed by atoms with Gasteiger partial charge < -0.3 is 10.2 Å². The van der Waals surface area contributed by atoms with Gasteiger partial charge >= 0.3 is 0 Å². The fourth-order valence-corrected chi connectivity index (χ4v) is 3.20. The van der Waals surface area contributed by atoms with Crippen LogP contribution in [-0.4, -0.2) is 44.6 Å². The number of H-pyrrole nitrogens is 1. The monoisotopic (exact) mass is 497 g/mol. The largest absolute Gasteiger partial charge is 0.357 e. The fourth-order valence-electron chi connectivity index (χ4n) is 2.60. The molecule has 9 heteroatoms. The summed E-state index contributed by atoms with van der Waals surface area (Å²) in [7, 11) is 2.03. The molecule has 0 fully saturated rings. The maximum Gasteiger partial charge on any atom is 0.194 e. The van der Waals surface area contributed by atoms with Crippen molar-refractivity contribution in [1.29, 1.82) is 0 Å². The van der Waals surface area contributed by atoms with Crippen LogP contribution in [0.5, 0.6) is 0 Å². The Labute approximate surface area is 180 Å². The first-order valence-electron chi connectivity index (χ1n) is 8.51. The summed E-state index contributed by atoms with van der Waals surface area (Å²) in [6, 6.07) is 8.17. The van der Waals surface area contributed by atoms with Crippen molar-refractivity contribution in [2.45, 2.75) is 26.9 Å². The van der Waals surface area contributed by atoms with E-state index in [1.54, 1.807) is 11.3 Å². The molecular formula is C18H24IN7S. The first-order chi connectivity index (χ1) is 12.7. The molecule has 7 nitrogen and oxygen atoms in total. The highest BCUT2D eigenvalue weighted by Gasteiger charge is 2.09. The molecule has 0 radical (unpaired) electrons. The summed E-state index contributed by atoms with van der Waals surface area (Å²) in [5.74, 6) is 1.63. The molecule has 0 unspecified atom stereocenters. The third kappa shape index (κ3) is 5.99. The minimum Gasteiger partial charge on any atom is -0.357 e. The molecule has 0 aliphatic heterocycles. The number of nitrogens with zero attached hydrogens (tertiary/aromatic N) is 5. The van der Waals surface area contributed by atoms with Crippen LogP contribution in [-0.2, 0) is 13.1 Å². The average molecular weight is 497 g/mol. The highest BCUT2D eigenvalue weighted by molar-refractivity contribution is 14.0. The predicted octanol–water partition coefficient (Wildman–Crippen LogP) is 3.45. The van der Waals surface area contributed by atoms with E-state index >= 15 is 0 Å². The zero-order chi connectivity index (χ0) is 18.4. The summed E-state index contributed by atoms with van der Waals surface area (Å²) in [4.78, 5) is 15.6. The van der Waals surface area contributed by atoms with Crippen LogP contribution >= 0.6 is 35.3 Å². The molecule has 27 heavy (non-hydrogen) atoms. The second-order valence-corrected chi connectivity index (χ2v) is 6.98. The maximum atomic E-state index is 4.77. The van der Waals surface area contributed by atoms with Gasteiger partial charge in [-0.05, 0) is 25.5 Å². The van der Waals surface area contributed by atoms with E-state index < -0.39 is 0 Å². The highest BCUT2D eigenvalue weighted by atomic mass is 127. The van der Waals surface area contributed by atoms with Gasteiger partial charge in [-0.3, -0.25) is 5.10 Å². The van der Waals surface area contributed by atoms with Gasteiger partial charge in [-0.1, -0.05) is 18.2 Å². The van der Waals surface area contributed by atoms with Crippen molar-refractivity contribution in [1.82, 2.24) is 30.4 Å². The Kier molecular flexibility index (Phi) is 8.17. The van der Waals surface area contributed by atoms with Crippen LogP contribution < -0.4 is 5.32 Å². The molecule has 0 bridgehead atoms. The second kappa shape index (κ2) is 10.4. The molecule has 0 aliphatic carbocycles. The molecule has 3 aromatic rings. The molecule has 0 saturated carbocycles. The first kappa shape index (κ1) is 21.3. The molecule has 0 amide bonds. The molecule has 0 spiro atoms. The lowest BCUT2D eigenvalue weighted by Crippen LogP contribution is -2.38. The number of nitrogens with one attached hydrogen (secondary N) is 2. The molecule has 2 N–H and O–H groups in total. The van der Waals surface area contributed by atoms with E-state index in [9.17, 15) is 0 Å². The summed E-state index contributed by atoms with van der Waals surface area (Å²) in [5, 5.41) is 13.3. The van der Waals surface area contributed by atoms with E-state index in [1.165, 1.54) is 6.33 Å². The van der Waals surface area contributed by atoms with E-state index in [4.69, 9.17) is 4.99 Å². The highest BCUT2D eigenvalue weighted by Crippen LogP contribution is 2.16. The van der Waals surface area contributed by atoms with E-state index in [1.807, 2.05) is 26.1 Å². The Balaban J connectivity index is 0.00000261. The van der Waals surface area contributed by atoms with Gasteiger partial charge in [0.1, 0.15) is 6.33 Å². The molecule has 2 aromatic heterocycles. The number of aryl methyl sites for hydroxylation is 1. The van der Waals surface area contributed by atoms with Gasteiger partial charge in [0.2, 0.25) is 0 Å². The SMILES string of the molecule is CCNC(=NCc1cccc(-c2ncn[nH]2)c1)N(C)Cc1csc(C)n1.I. The van der Waals surface area contributed by atoms with Crippen LogP contribution in [0.1, 0.15) is 23.2 Å². The van der Waals surface area contributed by atoms with Gasteiger partial charge in [0.25, 0.3) is 0 Å². The van der Waals surface area contributed by atoms with Crippen LogP contribution in [0.3, 0.4) is 0 Å². The Morgan fingerprint density at radius 2 is 2.22 bits per heavy atom. The van der Waals surface area contributed by atoms with Crippen molar-refractivity contribution in [3.8, 4) is 11.4 Å². The molecule has 2 heterocycles. The lowest BCUT2D eigenvalue weighted by atomic mass is 10.1. The smallest absolute Gasteiger partial charge is 0.194 e. The lowest BCUT2D eigenvalue weighted by molar-refractivity contribution is 0.471. The molecule has 144 valence electrons. The zero-order valence-electron chi connectivity index (χ0n) is 15.6. The molecule has 0 atom stereocenters. The number of aliphatic imine (C=N–C) groups is 1. The number of halogens is 1. The number of guanidine groups is 1. The molecule has 1 aromatic carbocycles. The third-order valence-electron chi connectivity index (χ3n) is 3.79. The summed E-state index contributed by atoms with van der Waals surface area (Å²) >= 11 is 1.67. The molecular weight excluding hydrogens is 473 g/mol. The average Bonchev–Trinajstić information content (AvgIpc) is 3.31. The molecule has 3 rings (SSSR count). The summed E-state index contributed by atoms with van der Waals surface area (Å²) in [5.41, 5.74) is 3.19. The predicted molar refractivity (Wildman–Crippen MR) is 120 cm³/mol. The molecule has 0 aliphatic rings. The van der Waals surface area contributed by atoms with Gasteiger partial charge in [-0.2, -0.15) is 5.10 Å². The third-order valence-corrected chi connectivity index (χ3v) is 4.61. The number of hydrogen-bond donors (Lipinski definition) is 2. The lowest BCUT2D eigenvalue weighted by Gasteiger charge is -2.21. The topological polar surface area (TPSA) is 82.1 Å². The molecule has 0 saturated heterocycles. The van der Waals surface area contributed by atoms with Crippen molar-refractivity contribution in [2.24, 2.45) is 4.99 Å². The van der Waals surface area contributed by atoms with E-state index in [2.05, 4.69) is 54.8 Å². The number of aromatic amines is 1. The van der Waals surface area contributed by atoms with Crippen molar-refractivity contribution >= 4 is 41.3 Å². The number of aromatic nitrogens is 4. The van der Waals surface area contributed by atoms with E-state index in [0.717, 1.165) is 46.7 Å². The van der Waals surface area contributed by atoms with E-state index in [-0.39, 0.29) is 24.0 Å². The van der Waals surface area contributed by atoms with Crippen molar-refractivity contribution < 1.29 is 0 Å². The Bertz CT molecular complexity index is 860. The van der Waals surface area contributed by atoms with Gasteiger partial charge in [-0.25, -0.2) is 15.0 Å². The van der Waals surface area contributed by atoms with Crippen LogP contribution in [0.25, 0.3) is 11.4 Å². The van der Waals surface area contributed by atoms with Crippen molar-refractivity contribution in [3.63, 3.8) is 0 Å². The Hall–Kier alpha value is -2.01. The minimum atomic E-state index is 0. The van der Waals surface area contributed by atoms with Crippen LogP contribution in [0, 0.1) is 6.92 Å². The number of benzene rings is 1. The number of hydrogen-bond acceptors (Lipinski definition) is 5. The van der Waals surface area contributed by atoms with Gasteiger partial charge in [-0.15, -0.1) is 35.3 Å². The zero-order valence-corrected chi connectivity index (χ0v) is 18.8. The standard InChI is InChI=1S/C18H23N7S.HI/c1-4-19-18(25(3)10-16-11-26-13(2)23-16)20-9-14-6-5-7-15(8-14)17-21-12-22-24-17;/h5-8,11-12H,4,9-10H2,1-3H3,(H,19,20)(H,21,22,24);1H. The first-order valence-corrected chi connectivity index (χ1v) is 9.38. The van der Waals surface area contributed by atoms with Crippen LogP contribution in [0.15, 0.2) is 41.0 Å². The fraction of sp³-hybridized carbons (Fsp3) is 0.333. The minimum absolute atomic E-state index is 0. The van der Waals surface area contributed by atoms with Crippen LogP contribution in [0.2, 0.25) is 0 Å². The van der Waals surface area contributed by atoms with Crippen molar-refractivity contribution in [2.75, 3.05) is 13.6 Å². The van der Waals surface area contributed by atoms with Crippen LogP contribution in [0.4, 0.5) is 0 Å². The van der Waals surface area contributed by atoms with E-state index in [0.29, 0.717) is 6.54 Å². The van der Waals surface area contributed by atoms with Gasteiger partial charge in [0.05, 0.1) is 23.8 Å². The normalized spacial score (nSPS) is 11.1. The Morgan fingerprint density at radius 3 is 2.89 bits per heavy atom. The second-order valence-electron chi connectivity index (χ2n) is 5.92. The van der Waals surface area contributed by atoms with Gasteiger partial charge in [0.15, 0.2) is 11.8 Å². The number of rotatable bonds is 6. The maximum absolute atomic E-state index is 4.77. The van der Waals surface area contributed by atoms with Gasteiger partial charge in [0, 0.05) is 24.5 Å².